The number of rotatable bonds is 4. The van der Waals surface area contributed by atoms with Crippen LogP contribution in [0.15, 0.2) is 35.0 Å². The van der Waals surface area contributed by atoms with E-state index < -0.39 is 5.82 Å². The molecule has 0 spiro atoms. The third kappa shape index (κ3) is 3.48. The predicted octanol–water partition coefficient (Wildman–Crippen LogP) is 4.32. The summed E-state index contributed by atoms with van der Waals surface area (Å²) in [5.41, 5.74) is 1.38. The Bertz CT molecular complexity index is 662. The highest BCUT2D eigenvalue weighted by Gasteiger charge is 2.27. The van der Waals surface area contributed by atoms with Gasteiger partial charge in [0.25, 0.3) is 0 Å². The number of hydrogen-bond acceptors (Lipinski definition) is 3. The lowest BCUT2D eigenvalue weighted by Gasteiger charge is -2.23. The Labute approximate surface area is 137 Å². The van der Waals surface area contributed by atoms with Crippen LogP contribution in [0, 0.1) is 5.82 Å². The van der Waals surface area contributed by atoms with Crippen molar-refractivity contribution in [2.75, 3.05) is 18.4 Å². The maximum atomic E-state index is 13.7. The van der Waals surface area contributed by atoms with Gasteiger partial charge in [0.1, 0.15) is 5.82 Å². The van der Waals surface area contributed by atoms with Gasteiger partial charge in [-0.25, -0.2) is 4.39 Å². The molecule has 0 unspecified atom stereocenters. The molecular weight excluding hydrogens is 323 g/mol. The summed E-state index contributed by atoms with van der Waals surface area (Å²) in [4.78, 5) is 14.3. The molecule has 116 valence electrons. The van der Waals surface area contributed by atoms with Gasteiger partial charge in [-0.15, -0.1) is 0 Å². The van der Waals surface area contributed by atoms with Gasteiger partial charge in [0.05, 0.1) is 12.2 Å². The van der Waals surface area contributed by atoms with Crippen molar-refractivity contribution in [2.45, 2.75) is 18.9 Å². The summed E-state index contributed by atoms with van der Waals surface area (Å²) in [5, 5.41) is 7.17. The van der Waals surface area contributed by atoms with E-state index in [4.69, 9.17) is 11.6 Å². The highest BCUT2D eigenvalue weighted by molar-refractivity contribution is 7.07. The minimum Gasteiger partial charge on any atom is -0.322 e. The number of carbonyl (C=O) groups is 1. The van der Waals surface area contributed by atoms with Gasteiger partial charge < -0.3 is 5.32 Å². The molecule has 1 aliphatic heterocycles. The molecule has 1 aromatic heterocycles. The fourth-order valence-corrected chi connectivity index (χ4v) is 3.70. The van der Waals surface area contributed by atoms with Crippen molar-refractivity contribution in [3.63, 3.8) is 0 Å². The summed E-state index contributed by atoms with van der Waals surface area (Å²) < 4.78 is 13.7. The Morgan fingerprint density at radius 3 is 3.09 bits per heavy atom. The number of carbonyl (C=O) groups excluding carboxylic acids is 1. The first kappa shape index (κ1) is 15.5. The average Bonchev–Trinajstić information content (AvgIpc) is 3.13. The van der Waals surface area contributed by atoms with Gasteiger partial charge in [-0.1, -0.05) is 11.6 Å². The average molecular weight is 339 g/mol. The first-order valence-electron chi connectivity index (χ1n) is 7.14. The van der Waals surface area contributed by atoms with Gasteiger partial charge in [-0.2, -0.15) is 11.3 Å². The molecule has 1 aliphatic rings. The van der Waals surface area contributed by atoms with E-state index in [9.17, 15) is 9.18 Å². The molecule has 1 atom stereocenters. The number of amides is 1. The van der Waals surface area contributed by atoms with E-state index in [-0.39, 0.29) is 24.2 Å². The highest BCUT2D eigenvalue weighted by atomic mass is 35.5. The van der Waals surface area contributed by atoms with Crippen molar-refractivity contribution in [2.24, 2.45) is 0 Å². The van der Waals surface area contributed by atoms with Crippen LogP contribution in [0.1, 0.15) is 24.4 Å². The van der Waals surface area contributed by atoms with Gasteiger partial charge in [0, 0.05) is 11.1 Å². The van der Waals surface area contributed by atoms with Gasteiger partial charge in [0.15, 0.2) is 0 Å². The summed E-state index contributed by atoms with van der Waals surface area (Å²) in [7, 11) is 0. The van der Waals surface area contributed by atoms with Gasteiger partial charge >= 0.3 is 0 Å². The molecular formula is C16H16ClFN2OS. The van der Waals surface area contributed by atoms with E-state index in [1.165, 1.54) is 23.8 Å². The zero-order valence-corrected chi connectivity index (χ0v) is 13.5. The second-order valence-electron chi connectivity index (χ2n) is 5.36. The lowest BCUT2D eigenvalue weighted by molar-refractivity contribution is -0.117. The highest BCUT2D eigenvalue weighted by Crippen LogP contribution is 2.32. The number of anilines is 1. The van der Waals surface area contributed by atoms with Crippen molar-refractivity contribution in [3.8, 4) is 0 Å². The van der Waals surface area contributed by atoms with Crippen molar-refractivity contribution in [3.05, 3.63) is 51.4 Å². The molecule has 3 rings (SSSR count). The number of halogens is 2. The summed E-state index contributed by atoms with van der Waals surface area (Å²) >= 11 is 7.50. The topological polar surface area (TPSA) is 32.3 Å². The molecule has 2 aromatic rings. The number of nitrogens with zero attached hydrogens (tertiary/aromatic N) is 1. The quantitative estimate of drug-likeness (QED) is 0.900. The van der Waals surface area contributed by atoms with E-state index in [1.54, 1.807) is 11.3 Å². The minimum absolute atomic E-state index is 0.129. The second kappa shape index (κ2) is 6.77. The van der Waals surface area contributed by atoms with Gasteiger partial charge in [-0.3, -0.25) is 9.69 Å². The largest absolute Gasteiger partial charge is 0.322 e. The number of hydrogen-bond donors (Lipinski definition) is 1. The number of likely N-dealkylation sites (tertiary alicyclic amines) is 1. The summed E-state index contributed by atoms with van der Waals surface area (Å²) in [6.45, 7) is 1.14. The summed E-state index contributed by atoms with van der Waals surface area (Å²) in [6, 6.07) is 6.51. The van der Waals surface area contributed by atoms with E-state index >= 15 is 0 Å². The van der Waals surface area contributed by atoms with Crippen molar-refractivity contribution >= 4 is 34.5 Å². The zero-order valence-electron chi connectivity index (χ0n) is 11.9. The Morgan fingerprint density at radius 1 is 1.45 bits per heavy atom. The second-order valence-corrected chi connectivity index (χ2v) is 6.57. The van der Waals surface area contributed by atoms with Gasteiger partial charge in [-0.05, 0) is 60.0 Å². The smallest absolute Gasteiger partial charge is 0.238 e. The van der Waals surface area contributed by atoms with Crippen LogP contribution in [0.5, 0.6) is 0 Å². The van der Waals surface area contributed by atoms with E-state index in [0.29, 0.717) is 5.02 Å². The van der Waals surface area contributed by atoms with Gasteiger partial charge in [0.2, 0.25) is 5.91 Å². The van der Waals surface area contributed by atoms with Crippen molar-refractivity contribution in [1.29, 1.82) is 0 Å². The standard InChI is InChI=1S/C16H16ClFN2OS/c17-12-3-4-13(18)14(8-12)19-16(21)9-20-6-1-2-15(20)11-5-7-22-10-11/h3-5,7-8,10,15H,1-2,6,9H2,(H,19,21)/t15-/m1/s1. The van der Waals surface area contributed by atoms with Crippen LogP contribution in [-0.2, 0) is 4.79 Å². The third-order valence-electron chi connectivity index (χ3n) is 3.84. The first-order valence-corrected chi connectivity index (χ1v) is 8.46. The van der Waals surface area contributed by atoms with Crippen LogP contribution in [0.3, 0.4) is 0 Å². The molecule has 1 amide bonds. The number of nitrogens with one attached hydrogen (secondary N) is 1. The van der Waals surface area contributed by atoms with E-state index in [2.05, 4.69) is 21.7 Å². The van der Waals surface area contributed by atoms with Crippen molar-refractivity contribution in [1.82, 2.24) is 4.90 Å². The maximum Gasteiger partial charge on any atom is 0.238 e. The zero-order chi connectivity index (χ0) is 15.5. The molecule has 3 nitrogen and oxygen atoms in total. The monoisotopic (exact) mass is 338 g/mol. The summed E-state index contributed by atoms with van der Waals surface area (Å²) in [6.07, 6.45) is 2.12. The Hall–Kier alpha value is -1.43. The third-order valence-corrected chi connectivity index (χ3v) is 4.78. The maximum absolute atomic E-state index is 13.7. The first-order chi connectivity index (χ1) is 10.6. The number of thiophene rings is 1. The molecule has 2 heterocycles. The predicted molar refractivity (Wildman–Crippen MR) is 87.9 cm³/mol. The molecule has 0 saturated carbocycles. The SMILES string of the molecule is O=C(CN1CCC[C@@H]1c1ccsc1)Nc1cc(Cl)ccc1F. The van der Waals surface area contributed by atoms with E-state index in [0.717, 1.165) is 19.4 Å². The molecule has 0 aliphatic carbocycles. The molecule has 1 saturated heterocycles. The van der Waals surface area contributed by atoms with Crippen LogP contribution in [-0.4, -0.2) is 23.9 Å². The lowest BCUT2D eigenvalue weighted by Crippen LogP contribution is -2.33. The van der Waals surface area contributed by atoms with Crippen molar-refractivity contribution < 1.29 is 9.18 Å². The van der Waals surface area contributed by atoms with Crippen LogP contribution in [0.25, 0.3) is 0 Å². The Morgan fingerprint density at radius 2 is 2.32 bits per heavy atom. The molecule has 22 heavy (non-hydrogen) atoms. The molecule has 1 N–H and O–H groups in total. The fourth-order valence-electron chi connectivity index (χ4n) is 2.82. The fraction of sp³-hybridized carbons (Fsp3) is 0.312. The minimum atomic E-state index is -0.478. The molecule has 6 heteroatoms. The lowest BCUT2D eigenvalue weighted by atomic mass is 10.1. The molecule has 1 aromatic carbocycles. The van der Waals surface area contributed by atoms with Crippen LogP contribution in [0.2, 0.25) is 5.02 Å². The van der Waals surface area contributed by atoms with Crippen LogP contribution in [0.4, 0.5) is 10.1 Å². The Kier molecular flexibility index (Phi) is 4.76. The molecule has 0 bridgehead atoms. The normalized spacial score (nSPS) is 18.5. The van der Waals surface area contributed by atoms with Crippen LogP contribution >= 0.6 is 22.9 Å². The number of benzene rings is 1. The molecule has 1 fully saturated rings. The van der Waals surface area contributed by atoms with E-state index in [1.807, 2.05) is 5.38 Å². The Balaban J connectivity index is 1.65. The summed E-state index contributed by atoms with van der Waals surface area (Å²) in [5.74, 6) is -0.697. The van der Waals surface area contributed by atoms with Crippen LogP contribution < -0.4 is 5.32 Å². The molecule has 0 radical (unpaired) electrons.